The predicted molar refractivity (Wildman–Crippen MR) is 107 cm³/mol. The minimum absolute atomic E-state index is 0.218. The highest BCUT2D eigenvalue weighted by Crippen LogP contribution is 2.17. The third kappa shape index (κ3) is 6.55. The molecule has 1 aliphatic heterocycles. The molecule has 0 atom stereocenters. The average Bonchev–Trinajstić information content (AvgIpc) is 2.68. The lowest BCUT2D eigenvalue weighted by Gasteiger charge is -2.20. The smallest absolute Gasteiger partial charge is 0.132 e. The minimum atomic E-state index is -0.403. The summed E-state index contributed by atoms with van der Waals surface area (Å²) in [6.07, 6.45) is 11.4. The van der Waals surface area contributed by atoms with Crippen molar-refractivity contribution in [3.8, 4) is 5.75 Å². The molecule has 0 unspecified atom stereocenters. The fourth-order valence-corrected chi connectivity index (χ4v) is 2.27. The Kier molecular flexibility index (Phi) is 7.49. The van der Waals surface area contributed by atoms with E-state index in [-0.39, 0.29) is 12.4 Å². The van der Waals surface area contributed by atoms with Gasteiger partial charge in [0.05, 0.1) is 12.2 Å². The van der Waals surface area contributed by atoms with Crippen molar-refractivity contribution in [3.63, 3.8) is 0 Å². The van der Waals surface area contributed by atoms with E-state index in [0.29, 0.717) is 18.0 Å². The quantitative estimate of drug-likeness (QED) is 0.567. The number of aliphatic imine (C=N–C) groups is 1. The summed E-state index contributed by atoms with van der Waals surface area (Å²) in [5.74, 6) is -0.307. The van der Waals surface area contributed by atoms with E-state index < -0.39 is 5.83 Å². The highest BCUT2D eigenvalue weighted by atomic mass is 19.1. The summed E-state index contributed by atoms with van der Waals surface area (Å²) in [5, 5.41) is 0. The monoisotopic (exact) mass is 368 g/mol. The molecule has 1 heterocycles. The number of allylic oxidation sites excluding steroid dienone is 7. The molecule has 140 valence electrons. The zero-order chi connectivity index (χ0) is 19.6. The van der Waals surface area contributed by atoms with Crippen molar-refractivity contribution >= 4 is 6.21 Å². The van der Waals surface area contributed by atoms with Gasteiger partial charge >= 0.3 is 0 Å². The van der Waals surface area contributed by atoms with Crippen LogP contribution in [0, 0.1) is 5.82 Å². The molecular weight excluding hydrogens is 346 g/mol. The third-order valence-corrected chi connectivity index (χ3v) is 3.71. The van der Waals surface area contributed by atoms with Crippen LogP contribution in [-0.4, -0.2) is 24.3 Å². The Morgan fingerprint density at radius 1 is 1.30 bits per heavy atom. The first-order chi connectivity index (χ1) is 13.0. The molecule has 27 heavy (non-hydrogen) atoms. The van der Waals surface area contributed by atoms with Crippen LogP contribution in [0.15, 0.2) is 102 Å². The Morgan fingerprint density at radius 3 is 2.81 bits per heavy atom. The van der Waals surface area contributed by atoms with Crippen molar-refractivity contribution in [2.45, 2.75) is 6.92 Å². The Labute approximate surface area is 158 Å². The number of benzene rings is 1. The van der Waals surface area contributed by atoms with Crippen LogP contribution in [0.25, 0.3) is 0 Å². The molecule has 0 bridgehead atoms. The summed E-state index contributed by atoms with van der Waals surface area (Å²) in [7, 11) is 0. The van der Waals surface area contributed by atoms with Gasteiger partial charge in [-0.05, 0) is 42.4 Å². The Bertz CT molecular complexity index is 848. The molecule has 0 amide bonds. The van der Waals surface area contributed by atoms with E-state index in [2.05, 4.69) is 18.2 Å². The van der Waals surface area contributed by atoms with Crippen LogP contribution >= 0.6 is 0 Å². The maximum absolute atomic E-state index is 13.2. The zero-order valence-electron chi connectivity index (χ0n) is 15.2. The number of halogens is 2. The van der Waals surface area contributed by atoms with Crippen molar-refractivity contribution in [2.24, 2.45) is 4.99 Å². The summed E-state index contributed by atoms with van der Waals surface area (Å²) in [6, 6.07) is 5.96. The fourth-order valence-electron chi connectivity index (χ4n) is 2.27. The molecule has 2 rings (SSSR count). The molecule has 0 saturated carbocycles. The van der Waals surface area contributed by atoms with Gasteiger partial charge < -0.3 is 9.64 Å². The second kappa shape index (κ2) is 10.1. The maximum Gasteiger partial charge on any atom is 0.132 e. The van der Waals surface area contributed by atoms with Gasteiger partial charge in [-0.2, -0.15) is 0 Å². The molecule has 5 heteroatoms. The molecule has 1 aromatic carbocycles. The number of ether oxygens (including phenoxy) is 1. The van der Waals surface area contributed by atoms with Crippen molar-refractivity contribution < 1.29 is 13.5 Å². The van der Waals surface area contributed by atoms with Crippen LogP contribution in [-0.2, 0) is 0 Å². The number of rotatable bonds is 8. The van der Waals surface area contributed by atoms with Gasteiger partial charge in [-0.3, -0.25) is 4.99 Å². The van der Waals surface area contributed by atoms with Crippen molar-refractivity contribution in [1.82, 2.24) is 4.90 Å². The van der Waals surface area contributed by atoms with Crippen molar-refractivity contribution in [1.29, 1.82) is 0 Å². The van der Waals surface area contributed by atoms with Gasteiger partial charge in [0.2, 0.25) is 0 Å². The lowest BCUT2D eigenvalue weighted by atomic mass is 10.1. The molecule has 0 fully saturated rings. The third-order valence-electron chi connectivity index (χ3n) is 3.71. The van der Waals surface area contributed by atoms with E-state index in [0.717, 1.165) is 17.2 Å². The van der Waals surface area contributed by atoms with Gasteiger partial charge in [0.25, 0.3) is 0 Å². The summed E-state index contributed by atoms with van der Waals surface area (Å²) in [6.45, 7) is 9.87. The van der Waals surface area contributed by atoms with Gasteiger partial charge in [-0.15, -0.1) is 0 Å². The Hall–Kier alpha value is -3.21. The van der Waals surface area contributed by atoms with E-state index in [9.17, 15) is 8.78 Å². The van der Waals surface area contributed by atoms with Crippen molar-refractivity contribution in [2.75, 3.05) is 13.2 Å². The Morgan fingerprint density at radius 2 is 2.11 bits per heavy atom. The van der Waals surface area contributed by atoms with Gasteiger partial charge in [0, 0.05) is 24.7 Å². The molecule has 0 aromatic heterocycles. The molecule has 1 aromatic rings. The van der Waals surface area contributed by atoms with Crippen LogP contribution < -0.4 is 4.74 Å². The second-order valence-corrected chi connectivity index (χ2v) is 5.77. The highest BCUT2D eigenvalue weighted by Gasteiger charge is 2.07. The molecule has 0 N–H and O–H groups in total. The summed E-state index contributed by atoms with van der Waals surface area (Å²) < 4.78 is 32.0. The van der Waals surface area contributed by atoms with E-state index >= 15 is 0 Å². The molecule has 0 aliphatic carbocycles. The maximum atomic E-state index is 13.2. The van der Waals surface area contributed by atoms with Gasteiger partial charge in [-0.25, -0.2) is 8.78 Å². The zero-order valence-corrected chi connectivity index (χ0v) is 15.2. The Balaban J connectivity index is 2.08. The summed E-state index contributed by atoms with van der Waals surface area (Å²) in [5.41, 5.74) is 2.40. The van der Waals surface area contributed by atoms with Crippen LogP contribution in [0.3, 0.4) is 0 Å². The first kappa shape index (κ1) is 20.1. The number of hydrogen-bond acceptors (Lipinski definition) is 3. The van der Waals surface area contributed by atoms with Crippen LogP contribution in [0.5, 0.6) is 5.75 Å². The normalized spacial score (nSPS) is 15.4. The van der Waals surface area contributed by atoms with E-state index in [1.807, 2.05) is 24.2 Å². The van der Waals surface area contributed by atoms with E-state index in [1.165, 1.54) is 18.2 Å². The van der Waals surface area contributed by atoms with E-state index in [4.69, 9.17) is 4.74 Å². The van der Waals surface area contributed by atoms with Crippen molar-refractivity contribution in [3.05, 3.63) is 103 Å². The van der Waals surface area contributed by atoms with Gasteiger partial charge in [-0.1, -0.05) is 31.4 Å². The molecular formula is C22H22F2N2O. The highest BCUT2D eigenvalue weighted by molar-refractivity contribution is 5.63. The minimum Gasteiger partial charge on any atom is -0.487 e. The predicted octanol–water partition coefficient (Wildman–Crippen LogP) is 5.49. The number of nitrogens with zero attached hydrogens (tertiary/aromatic N) is 2. The van der Waals surface area contributed by atoms with Crippen LogP contribution in [0.4, 0.5) is 8.78 Å². The SMILES string of the molecule is C=C\C(F)=C/C=C(C)/C(C=C)=C/N1C=C(COc2cccc(F)c2)N=CC1. The first-order valence-corrected chi connectivity index (χ1v) is 8.40. The van der Waals surface area contributed by atoms with E-state index in [1.54, 1.807) is 30.5 Å². The first-order valence-electron chi connectivity index (χ1n) is 8.40. The summed E-state index contributed by atoms with van der Waals surface area (Å²) >= 11 is 0. The standard InChI is InChI=1S/C22H22F2N2O/c1-4-18(17(3)9-10-19(23)5-2)14-26-12-11-25-21(15-26)16-27-22-8-6-7-20(24)13-22/h4-11,13-15H,1-2,12,16H2,3H3/b17-9+,18-14+,19-10+. The molecule has 0 radical (unpaired) electrons. The van der Waals surface area contributed by atoms with Crippen LogP contribution in [0.2, 0.25) is 0 Å². The summed E-state index contributed by atoms with van der Waals surface area (Å²) in [4.78, 5) is 6.23. The largest absolute Gasteiger partial charge is 0.487 e. The van der Waals surface area contributed by atoms with Gasteiger partial charge in [0.1, 0.15) is 24.0 Å². The second-order valence-electron chi connectivity index (χ2n) is 5.77. The fraction of sp³-hybridized carbons (Fsp3) is 0.136. The molecule has 0 spiro atoms. The lowest BCUT2D eigenvalue weighted by molar-refractivity contribution is 0.344. The average molecular weight is 368 g/mol. The topological polar surface area (TPSA) is 24.8 Å². The van der Waals surface area contributed by atoms with Crippen LogP contribution in [0.1, 0.15) is 6.92 Å². The molecule has 1 aliphatic rings. The number of hydrogen-bond donors (Lipinski definition) is 0. The lowest BCUT2D eigenvalue weighted by Crippen LogP contribution is -2.19. The molecule has 3 nitrogen and oxygen atoms in total. The molecule has 0 saturated heterocycles. The van der Waals surface area contributed by atoms with Gasteiger partial charge in [0.15, 0.2) is 0 Å².